The Hall–Kier alpha value is -4.23. The topological polar surface area (TPSA) is 80.8 Å². The zero-order chi connectivity index (χ0) is 24.7. The van der Waals surface area contributed by atoms with E-state index in [4.69, 9.17) is 9.47 Å². The quantitative estimate of drug-likeness (QED) is 0.315. The summed E-state index contributed by atoms with van der Waals surface area (Å²) in [5, 5.41) is 4.58. The van der Waals surface area contributed by atoms with Gasteiger partial charge in [-0.2, -0.15) is 0 Å². The number of fused-ring (bicyclic) bond motifs is 1. The minimum absolute atomic E-state index is 0.268. The van der Waals surface area contributed by atoms with Gasteiger partial charge in [0.2, 0.25) is 0 Å². The minimum atomic E-state index is -0.268. The first kappa shape index (κ1) is 23.5. The van der Waals surface area contributed by atoms with E-state index in [0.29, 0.717) is 35.1 Å². The van der Waals surface area contributed by atoms with Crippen LogP contribution in [0.1, 0.15) is 33.6 Å². The summed E-state index contributed by atoms with van der Waals surface area (Å²) in [6.45, 7) is 3.85. The van der Waals surface area contributed by atoms with Crippen LogP contribution in [0, 0.1) is 0 Å². The predicted molar refractivity (Wildman–Crippen MR) is 139 cm³/mol. The maximum atomic E-state index is 12.7. The van der Waals surface area contributed by atoms with Crippen LogP contribution in [-0.4, -0.2) is 48.3 Å². The molecule has 0 aliphatic carbocycles. The van der Waals surface area contributed by atoms with Crippen LogP contribution in [0.2, 0.25) is 0 Å². The monoisotopic (exact) mass is 481 g/mol. The first-order valence-electron chi connectivity index (χ1n) is 12.1. The Morgan fingerprint density at radius 1 is 0.944 bits per heavy atom. The van der Waals surface area contributed by atoms with E-state index < -0.39 is 0 Å². The summed E-state index contributed by atoms with van der Waals surface area (Å²) in [5.41, 5.74) is 1.14. The molecule has 182 valence electrons. The second-order valence-corrected chi connectivity index (χ2v) is 8.70. The second-order valence-electron chi connectivity index (χ2n) is 8.70. The number of likely N-dealkylation sites (tertiary alicyclic amines) is 1. The molecule has 1 amide bonds. The number of carbonyl (C=O) groups is 2. The van der Waals surface area contributed by atoms with Gasteiger partial charge in [-0.3, -0.25) is 14.5 Å². The molecule has 1 saturated heterocycles. The number of amides is 1. The van der Waals surface area contributed by atoms with Gasteiger partial charge in [0.25, 0.3) is 5.91 Å². The predicted octanol–water partition coefficient (Wildman–Crippen LogP) is 5.57. The minimum Gasteiger partial charge on any atom is -0.492 e. The van der Waals surface area contributed by atoms with E-state index in [1.54, 1.807) is 36.5 Å². The highest BCUT2D eigenvalue weighted by molar-refractivity contribution is 6.04. The Labute approximate surface area is 209 Å². The summed E-state index contributed by atoms with van der Waals surface area (Å²) in [7, 11) is 0. The van der Waals surface area contributed by atoms with Gasteiger partial charge in [0.1, 0.15) is 29.7 Å². The lowest BCUT2D eigenvalue weighted by atomic mass is 10.1. The van der Waals surface area contributed by atoms with Crippen molar-refractivity contribution in [1.29, 1.82) is 0 Å². The largest absolute Gasteiger partial charge is 0.492 e. The highest BCUT2D eigenvalue weighted by Gasteiger charge is 2.12. The van der Waals surface area contributed by atoms with Crippen molar-refractivity contribution in [2.45, 2.75) is 12.8 Å². The lowest BCUT2D eigenvalue weighted by Gasteiger charge is -2.15. The summed E-state index contributed by atoms with van der Waals surface area (Å²) < 4.78 is 11.8. The van der Waals surface area contributed by atoms with Gasteiger partial charge < -0.3 is 14.8 Å². The van der Waals surface area contributed by atoms with Crippen LogP contribution in [0.4, 0.5) is 5.82 Å². The molecule has 3 aromatic carbocycles. The number of aromatic nitrogens is 1. The zero-order valence-electron chi connectivity index (χ0n) is 19.9. The normalized spacial score (nSPS) is 13.4. The fourth-order valence-corrected chi connectivity index (χ4v) is 4.32. The number of anilines is 1. The number of hydrogen-bond donors (Lipinski definition) is 1. The Bertz CT molecular complexity index is 1360. The Morgan fingerprint density at radius 3 is 2.53 bits per heavy atom. The van der Waals surface area contributed by atoms with Gasteiger partial charge in [-0.05, 0) is 85.2 Å². The summed E-state index contributed by atoms with van der Waals surface area (Å²) in [5.74, 6) is 2.01. The molecule has 4 aromatic rings. The van der Waals surface area contributed by atoms with Crippen LogP contribution in [-0.2, 0) is 0 Å². The lowest BCUT2D eigenvalue weighted by molar-refractivity contribution is 0.102. The summed E-state index contributed by atoms with van der Waals surface area (Å²) >= 11 is 0. The van der Waals surface area contributed by atoms with E-state index in [1.807, 2.05) is 42.5 Å². The molecule has 36 heavy (non-hydrogen) atoms. The molecule has 7 heteroatoms. The van der Waals surface area contributed by atoms with Gasteiger partial charge in [-0.15, -0.1) is 0 Å². The maximum Gasteiger partial charge on any atom is 0.256 e. The Balaban J connectivity index is 1.19. The molecule has 0 bridgehead atoms. The number of hydrogen-bond acceptors (Lipinski definition) is 6. The van der Waals surface area contributed by atoms with E-state index in [2.05, 4.69) is 15.2 Å². The van der Waals surface area contributed by atoms with Gasteiger partial charge in [0, 0.05) is 29.9 Å². The van der Waals surface area contributed by atoms with Crippen LogP contribution >= 0.6 is 0 Å². The first-order valence-corrected chi connectivity index (χ1v) is 12.1. The molecular formula is C29H27N3O4. The number of rotatable bonds is 9. The van der Waals surface area contributed by atoms with Crippen LogP contribution in [0.3, 0.4) is 0 Å². The van der Waals surface area contributed by atoms with Crippen molar-refractivity contribution in [1.82, 2.24) is 9.88 Å². The molecule has 0 unspecified atom stereocenters. The van der Waals surface area contributed by atoms with Crippen LogP contribution in [0.25, 0.3) is 10.8 Å². The molecule has 0 spiro atoms. The molecule has 1 fully saturated rings. The van der Waals surface area contributed by atoms with Gasteiger partial charge >= 0.3 is 0 Å². The maximum absolute atomic E-state index is 12.7. The van der Waals surface area contributed by atoms with Crippen molar-refractivity contribution in [3.63, 3.8) is 0 Å². The zero-order valence-corrected chi connectivity index (χ0v) is 19.9. The summed E-state index contributed by atoms with van der Waals surface area (Å²) in [6, 6.07) is 21.6. The third-order valence-corrected chi connectivity index (χ3v) is 6.21. The molecule has 1 aliphatic heterocycles. The van der Waals surface area contributed by atoms with Crippen molar-refractivity contribution >= 4 is 28.8 Å². The molecule has 0 radical (unpaired) electrons. The second kappa shape index (κ2) is 11.0. The fraction of sp³-hybridized carbons (Fsp3) is 0.207. The van der Waals surface area contributed by atoms with Crippen molar-refractivity contribution in [2.75, 3.05) is 31.6 Å². The van der Waals surface area contributed by atoms with Crippen molar-refractivity contribution < 1.29 is 19.1 Å². The molecule has 1 aliphatic rings. The number of benzene rings is 3. The number of nitrogens with zero attached hydrogens (tertiary/aromatic N) is 2. The van der Waals surface area contributed by atoms with Gasteiger partial charge in [-0.1, -0.05) is 18.2 Å². The van der Waals surface area contributed by atoms with E-state index in [9.17, 15) is 9.59 Å². The fourth-order valence-electron chi connectivity index (χ4n) is 4.32. The molecule has 7 nitrogen and oxygen atoms in total. The average molecular weight is 482 g/mol. The molecule has 1 N–H and O–H groups in total. The highest BCUT2D eigenvalue weighted by Crippen LogP contribution is 2.28. The first-order chi connectivity index (χ1) is 17.7. The van der Waals surface area contributed by atoms with Crippen molar-refractivity contribution in [2.24, 2.45) is 0 Å². The molecule has 0 saturated carbocycles. The summed E-state index contributed by atoms with van der Waals surface area (Å²) in [6.07, 6.45) is 4.95. The lowest BCUT2D eigenvalue weighted by Crippen LogP contribution is -2.25. The van der Waals surface area contributed by atoms with Crippen LogP contribution < -0.4 is 14.8 Å². The van der Waals surface area contributed by atoms with Gasteiger partial charge in [0.05, 0.1) is 0 Å². The SMILES string of the molecule is O=Cc1cccc2cc(Oc3ccnc(NC(=O)c4ccc(OCCN5CCCC5)cc4)c3)ccc12. The average Bonchev–Trinajstić information content (AvgIpc) is 3.42. The molecule has 2 heterocycles. The number of aldehydes is 1. The number of nitrogens with one attached hydrogen (secondary N) is 1. The third kappa shape index (κ3) is 5.70. The number of ether oxygens (including phenoxy) is 2. The molecule has 5 rings (SSSR count). The van der Waals surface area contributed by atoms with Crippen molar-refractivity contribution in [3.8, 4) is 17.2 Å². The Kier molecular flexibility index (Phi) is 7.19. The van der Waals surface area contributed by atoms with E-state index in [0.717, 1.165) is 42.4 Å². The van der Waals surface area contributed by atoms with Crippen LogP contribution in [0.15, 0.2) is 79.0 Å². The number of pyridine rings is 1. The number of carbonyl (C=O) groups excluding carboxylic acids is 2. The molecule has 0 atom stereocenters. The van der Waals surface area contributed by atoms with E-state index in [1.165, 1.54) is 12.8 Å². The molecular weight excluding hydrogens is 454 g/mol. The summed E-state index contributed by atoms with van der Waals surface area (Å²) in [4.78, 5) is 30.6. The smallest absolute Gasteiger partial charge is 0.256 e. The standard InChI is InChI=1S/C29H27N3O4/c33-20-23-5-3-4-22-18-25(10-11-27(22)23)36-26-12-13-30-28(19-26)31-29(34)21-6-8-24(9-7-21)35-17-16-32-14-1-2-15-32/h3-13,18-20H,1-2,14-17H2,(H,30,31,34). The highest BCUT2D eigenvalue weighted by atomic mass is 16.5. The van der Waals surface area contributed by atoms with E-state index >= 15 is 0 Å². The van der Waals surface area contributed by atoms with Crippen molar-refractivity contribution in [3.05, 3.63) is 90.1 Å². The van der Waals surface area contributed by atoms with Crippen LogP contribution in [0.5, 0.6) is 17.2 Å². The molecule has 1 aromatic heterocycles. The van der Waals surface area contributed by atoms with Gasteiger partial charge in [0.15, 0.2) is 6.29 Å². The van der Waals surface area contributed by atoms with E-state index in [-0.39, 0.29) is 5.91 Å². The Morgan fingerprint density at radius 2 is 1.72 bits per heavy atom. The third-order valence-electron chi connectivity index (χ3n) is 6.21. The van der Waals surface area contributed by atoms with Gasteiger partial charge in [-0.25, -0.2) is 4.98 Å².